The highest BCUT2D eigenvalue weighted by molar-refractivity contribution is 9.10. The van der Waals surface area contributed by atoms with Crippen LogP contribution in [-0.2, 0) is 9.53 Å². The number of benzene rings is 1. The molecular weight excluding hydrogens is 314 g/mol. The zero-order valence-corrected chi connectivity index (χ0v) is 12.3. The van der Waals surface area contributed by atoms with Gasteiger partial charge in [-0.2, -0.15) is 0 Å². The van der Waals surface area contributed by atoms with Gasteiger partial charge < -0.3 is 19.1 Å². The average Bonchev–Trinajstić information content (AvgIpc) is 2.46. The van der Waals surface area contributed by atoms with Gasteiger partial charge >= 0.3 is 0 Å². The quantitative estimate of drug-likeness (QED) is 0.843. The van der Waals surface area contributed by atoms with Gasteiger partial charge in [-0.05, 0) is 18.2 Å². The largest absolute Gasteiger partial charge is 0.493 e. The fourth-order valence-corrected chi connectivity index (χ4v) is 2.14. The van der Waals surface area contributed by atoms with Crippen LogP contribution in [-0.4, -0.2) is 50.8 Å². The van der Waals surface area contributed by atoms with Crippen LogP contribution >= 0.6 is 15.9 Å². The van der Waals surface area contributed by atoms with E-state index in [9.17, 15) is 4.79 Å². The maximum atomic E-state index is 11.9. The number of hydrogen-bond acceptors (Lipinski definition) is 4. The van der Waals surface area contributed by atoms with Gasteiger partial charge in [0.2, 0.25) is 0 Å². The Morgan fingerprint density at radius 3 is 2.79 bits per heavy atom. The van der Waals surface area contributed by atoms with Crippen molar-refractivity contribution in [3.63, 3.8) is 0 Å². The standard InChI is InChI=1S/C13H16BrNO4/c1-17-12-8-10(14)2-3-11(12)19-9-13(16)15-4-6-18-7-5-15/h2-3,8H,4-7,9H2,1H3. The lowest BCUT2D eigenvalue weighted by Crippen LogP contribution is -2.43. The molecule has 1 aromatic carbocycles. The number of nitrogens with zero attached hydrogens (tertiary/aromatic N) is 1. The Hall–Kier alpha value is -1.27. The molecule has 1 aliphatic heterocycles. The Bertz CT molecular complexity index is 446. The Morgan fingerprint density at radius 2 is 2.11 bits per heavy atom. The number of ether oxygens (including phenoxy) is 3. The first kappa shape index (κ1) is 14.1. The van der Waals surface area contributed by atoms with Crippen molar-refractivity contribution in [2.24, 2.45) is 0 Å². The van der Waals surface area contributed by atoms with E-state index in [0.29, 0.717) is 37.8 Å². The molecule has 0 atom stereocenters. The van der Waals surface area contributed by atoms with Crippen molar-refractivity contribution in [3.05, 3.63) is 22.7 Å². The predicted octanol–water partition coefficient (Wildman–Crippen LogP) is 1.70. The van der Waals surface area contributed by atoms with E-state index in [0.717, 1.165) is 4.47 Å². The molecule has 0 spiro atoms. The number of halogens is 1. The number of amides is 1. The molecule has 0 aromatic heterocycles. The summed E-state index contributed by atoms with van der Waals surface area (Å²) in [7, 11) is 1.57. The minimum atomic E-state index is -0.0340. The van der Waals surface area contributed by atoms with Gasteiger partial charge in [0.1, 0.15) is 0 Å². The van der Waals surface area contributed by atoms with Crippen molar-refractivity contribution in [2.75, 3.05) is 40.0 Å². The van der Waals surface area contributed by atoms with E-state index in [1.165, 1.54) is 0 Å². The van der Waals surface area contributed by atoms with E-state index >= 15 is 0 Å². The van der Waals surface area contributed by atoms with Crippen LogP contribution in [0.3, 0.4) is 0 Å². The van der Waals surface area contributed by atoms with Crippen LogP contribution in [0.1, 0.15) is 0 Å². The molecule has 2 rings (SSSR count). The highest BCUT2D eigenvalue weighted by Crippen LogP contribution is 2.30. The van der Waals surface area contributed by atoms with Crippen molar-refractivity contribution in [1.82, 2.24) is 4.90 Å². The lowest BCUT2D eigenvalue weighted by molar-refractivity contribution is -0.137. The molecule has 0 aliphatic carbocycles. The number of morpholine rings is 1. The van der Waals surface area contributed by atoms with Crippen molar-refractivity contribution < 1.29 is 19.0 Å². The van der Waals surface area contributed by atoms with Crippen LogP contribution in [0.25, 0.3) is 0 Å². The minimum Gasteiger partial charge on any atom is -0.493 e. The van der Waals surface area contributed by atoms with E-state index in [1.807, 2.05) is 6.07 Å². The van der Waals surface area contributed by atoms with Gasteiger partial charge in [-0.25, -0.2) is 0 Å². The van der Waals surface area contributed by atoms with E-state index in [4.69, 9.17) is 14.2 Å². The van der Waals surface area contributed by atoms with E-state index < -0.39 is 0 Å². The monoisotopic (exact) mass is 329 g/mol. The molecule has 1 amide bonds. The normalized spacial score (nSPS) is 15.2. The maximum absolute atomic E-state index is 11.9. The third kappa shape index (κ3) is 3.84. The summed E-state index contributed by atoms with van der Waals surface area (Å²) in [5.74, 6) is 1.13. The van der Waals surface area contributed by atoms with E-state index in [2.05, 4.69) is 15.9 Å². The number of hydrogen-bond donors (Lipinski definition) is 0. The highest BCUT2D eigenvalue weighted by Gasteiger charge is 2.17. The third-order valence-electron chi connectivity index (χ3n) is 2.84. The minimum absolute atomic E-state index is 0.0119. The van der Waals surface area contributed by atoms with E-state index in [1.54, 1.807) is 24.1 Å². The molecule has 0 saturated carbocycles. The van der Waals surface area contributed by atoms with Crippen LogP contribution in [0, 0.1) is 0 Å². The van der Waals surface area contributed by atoms with Gasteiger partial charge in [-0.15, -0.1) is 0 Å². The zero-order chi connectivity index (χ0) is 13.7. The predicted molar refractivity (Wildman–Crippen MR) is 73.6 cm³/mol. The molecule has 104 valence electrons. The Morgan fingerprint density at radius 1 is 1.37 bits per heavy atom. The summed E-state index contributed by atoms with van der Waals surface area (Å²) in [6.45, 7) is 2.44. The van der Waals surface area contributed by atoms with E-state index in [-0.39, 0.29) is 12.5 Å². The molecule has 1 aliphatic rings. The summed E-state index contributed by atoms with van der Waals surface area (Å²) in [4.78, 5) is 13.7. The molecule has 0 radical (unpaired) electrons. The summed E-state index contributed by atoms with van der Waals surface area (Å²) in [5, 5.41) is 0. The highest BCUT2D eigenvalue weighted by atomic mass is 79.9. The second-order valence-electron chi connectivity index (χ2n) is 4.08. The SMILES string of the molecule is COc1cc(Br)ccc1OCC(=O)N1CCOCC1. The molecule has 0 N–H and O–H groups in total. The summed E-state index contributed by atoms with van der Waals surface area (Å²) >= 11 is 3.36. The number of rotatable bonds is 4. The smallest absolute Gasteiger partial charge is 0.260 e. The maximum Gasteiger partial charge on any atom is 0.260 e. The Balaban J connectivity index is 1.92. The summed E-state index contributed by atoms with van der Waals surface area (Å²) < 4.78 is 16.8. The van der Waals surface area contributed by atoms with Gasteiger partial charge in [0, 0.05) is 17.6 Å². The van der Waals surface area contributed by atoms with Gasteiger partial charge in [0.25, 0.3) is 5.91 Å². The molecular formula is C13H16BrNO4. The van der Waals surface area contributed by atoms with Crippen molar-refractivity contribution in [2.45, 2.75) is 0 Å². The second kappa shape index (κ2) is 6.77. The van der Waals surface area contributed by atoms with Gasteiger partial charge in [0.05, 0.1) is 20.3 Å². The molecule has 5 nitrogen and oxygen atoms in total. The van der Waals surface area contributed by atoms with Crippen LogP contribution in [0.4, 0.5) is 0 Å². The van der Waals surface area contributed by atoms with Crippen molar-refractivity contribution >= 4 is 21.8 Å². The van der Waals surface area contributed by atoms with Gasteiger partial charge in [0.15, 0.2) is 18.1 Å². The lowest BCUT2D eigenvalue weighted by atomic mass is 10.3. The topological polar surface area (TPSA) is 48.0 Å². The molecule has 1 saturated heterocycles. The first-order chi connectivity index (χ1) is 9.20. The van der Waals surface area contributed by atoms with Gasteiger partial charge in [-0.3, -0.25) is 4.79 Å². The number of carbonyl (C=O) groups is 1. The summed E-state index contributed by atoms with van der Waals surface area (Å²) in [5.41, 5.74) is 0. The van der Waals surface area contributed by atoms with Gasteiger partial charge in [-0.1, -0.05) is 15.9 Å². The Kier molecular flexibility index (Phi) is 5.04. The fraction of sp³-hybridized carbons (Fsp3) is 0.462. The van der Waals surface area contributed by atoms with Crippen LogP contribution in [0.15, 0.2) is 22.7 Å². The number of carbonyl (C=O) groups excluding carboxylic acids is 1. The third-order valence-corrected chi connectivity index (χ3v) is 3.33. The molecule has 1 aromatic rings. The number of methoxy groups -OCH3 is 1. The molecule has 1 fully saturated rings. The average molecular weight is 330 g/mol. The van der Waals surface area contributed by atoms with Crippen LogP contribution in [0.2, 0.25) is 0 Å². The molecule has 6 heteroatoms. The van der Waals surface area contributed by atoms with Crippen molar-refractivity contribution in [3.8, 4) is 11.5 Å². The molecule has 0 bridgehead atoms. The zero-order valence-electron chi connectivity index (χ0n) is 10.7. The molecule has 1 heterocycles. The first-order valence-electron chi connectivity index (χ1n) is 6.02. The summed E-state index contributed by atoms with van der Waals surface area (Å²) in [6, 6.07) is 5.42. The summed E-state index contributed by atoms with van der Waals surface area (Å²) in [6.07, 6.45) is 0. The fourth-order valence-electron chi connectivity index (χ4n) is 1.80. The molecule has 0 unspecified atom stereocenters. The van der Waals surface area contributed by atoms with Crippen molar-refractivity contribution in [1.29, 1.82) is 0 Å². The second-order valence-corrected chi connectivity index (χ2v) is 4.99. The lowest BCUT2D eigenvalue weighted by Gasteiger charge is -2.26. The van der Waals surface area contributed by atoms with Crippen LogP contribution < -0.4 is 9.47 Å². The first-order valence-corrected chi connectivity index (χ1v) is 6.82. The Labute approximate surface area is 120 Å². The van der Waals surface area contributed by atoms with Crippen LogP contribution in [0.5, 0.6) is 11.5 Å². The molecule has 19 heavy (non-hydrogen) atoms.